The van der Waals surface area contributed by atoms with E-state index in [1.165, 1.54) is 17.0 Å². The lowest BCUT2D eigenvalue weighted by Gasteiger charge is -2.35. The van der Waals surface area contributed by atoms with Crippen molar-refractivity contribution in [3.8, 4) is 5.75 Å². The summed E-state index contributed by atoms with van der Waals surface area (Å²) in [6.45, 7) is 5.17. The number of nitrogens with zero attached hydrogens (tertiary/aromatic N) is 3. The molecule has 8 heteroatoms. The van der Waals surface area contributed by atoms with E-state index in [1.54, 1.807) is 23.1 Å². The number of ether oxygens (including phenoxy) is 1. The number of benzene rings is 3. The molecule has 1 saturated heterocycles. The van der Waals surface area contributed by atoms with Gasteiger partial charge in [0.1, 0.15) is 10.6 Å². The van der Waals surface area contributed by atoms with Gasteiger partial charge in [-0.15, -0.1) is 0 Å². The number of carbonyl (C=O) groups excluding carboxylic acids is 1. The number of hydrogen-bond acceptors (Lipinski definition) is 5. The molecule has 4 rings (SSSR count). The number of aryl methyl sites for hydroxylation is 1. The number of amides is 1. The van der Waals surface area contributed by atoms with Crippen molar-refractivity contribution in [3.05, 3.63) is 95.6 Å². The molecule has 0 spiro atoms. The van der Waals surface area contributed by atoms with E-state index in [9.17, 15) is 13.2 Å². The summed E-state index contributed by atoms with van der Waals surface area (Å²) < 4.78 is 34.2. The number of sulfonamides is 1. The molecular weight excluding hydrogens is 474 g/mol. The molecule has 0 N–H and O–H groups in total. The van der Waals surface area contributed by atoms with Crippen LogP contribution in [-0.2, 0) is 27.9 Å². The molecule has 1 aliphatic rings. The van der Waals surface area contributed by atoms with Crippen LogP contribution in [0.3, 0.4) is 0 Å². The van der Waals surface area contributed by atoms with E-state index in [0.717, 1.165) is 30.8 Å². The Kier molecular flexibility index (Phi) is 8.40. The van der Waals surface area contributed by atoms with Crippen LogP contribution in [-0.4, -0.2) is 68.3 Å². The summed E-state index contributed by atoms with van der Waals surface area (Å²) in [6, 6.07) is 24.6. The second-order valence-corrected chi connectivity index (χ2v) is 11.0. The minimum absolute atomic E-state index is 0.0708. The summed E-state index contributed by atoms with van der Waals surface area (Å²) in [4.78, 5) is 17.5. The maximum absolute atomic E-state index is 13.8. The molecule has 0 bridgehead atoms. The van der Waals surface area contributed by atoms with E-state index >= 15 is 0 Å². The molecule has 3 aromatic rings. The van der Waals surface area contributed by atoms with Gasteiger partial charge >= 0.3 is 0 Å². The fourth-order valence-electron chi connectivity index (χ4n) is 4.39. The van der Waals surface area contributed by atoms with Gasteiger partial charge in [0.05, 0.1) is 13.7 Å². The summed E-state index contributed by atoms with van der Waals surface area (Å²) >= 11 is 0. The Morgan fingerprint density at radius 1 is 0.889 bits per heavy atom. The first-order valence-electron chi connectivity index (χ1n) is 12.1. The van der Waals surface area contributed by atoms with Gasteiger partial charge in [-0.2, -0.15) is 4.31 Å². The van der Waals surface area contributed by atoms with Crippen LogP contribution in [0, 0.1) is 6.92 Å². The Bertz CT molecular complexity index is 1260. The molecular formula is C28H33N3O4S. The Morgan fingerprint density at radius 3 is 2.11 bits per heavy atom. The standard InChI is InChI=1S/C28H33N3O4S/c1-23-13-14-26(35-2)27(19-23)36(33,34)31(21-25-11-7-4-8-12-25)22-28(32)30-17-15-29(16-18-30)20-24-9-5-3-6-10-24/h3-14,19H,15-18,20-22H2,1-2H3. The second-order valence-electron chi connectivity index (χ2n) is 9.06. The van der Waals surface area contributed by atoms with E-state index < -0.39 is 10.0 Å². The molecule has 0 saturated carbocycles. The van der Waals surface area contributed by atoms with Crippen molar-refractivity contribution in [3.63, 3.8) is 0 Å². The summed E-state index contributed by atoms with van der Waals surface area (Å²) in [5, 5.41) is 0. The average molecular weight is 508 g/mol. The zero-order chi connectivity index (χ0) is 25.5. The lowest BCUT2D eigenvalue weighted by molar-refractivity contribution is -0.133. The molecule has 0 aliphatic carbocycles. The first kappa shape index (κ1) is 25.9. The van der Waals surface area contributed by atoms with Gasteiger partial charge in [-0.25, -0.2) is 8.42 Å². The molecule has 0 aromatic heterocycles. The van der Waals surface area contributed by atoms with Gasteiger partial charge in [0, 0.05) is 39.3 Å². The summed E-state index contributed by atoms with van der Waals surface area (Å²) in [5.74, 6) is 0.0705. The normalized spacial score (nSPS) is 14.7. The van der Waals surface area contributed by atoms with Gasteiger partial charge in [-0.05, 0) is 35.7 Å². The summed E-state index contributed by atoms with van der Waals surface area (Å²) in [5.41, 5.74) is 2.85. The minimum Gasteiger partial charge on any atom is -0.495 e. The van der Waals surface area contributed by atoms with Crippen LogP contribution >= 0.6 is 0 Å². The zero-order valence-electron chi connectivity index (χ0n) is 20.8. The van der Waals surface area contributed by atoms with Crippen LogP contribution in [0.25, 0.3) is 0 Å². The topological polar surface area (TPSA) is 70.2 Å². The van der Waals surface area contributed by atoms with E-state index in [2.05, 4.69) is 17.0 Å². The molecule has 7 nitrogen and oxygen atoms in total. The highest BCUT2D eigenvalue weighted by atomic mass is 32.2. The van der Waals surface area contributed by atoms with Crippen molar-refractivity contribution in [2.75, 3.05) is 39.8 Å². The summed E-state index contributed by atoms with van der Waals surface area (Å²) in [7, 11) is -2.55. The predicted molar refractivity (Wildman–Crippen MR) is 140 cm³/mol. The maximum Gasteiger partial charge on any atom is 0.247 e. The van der Waals surface area contributed by atoms with Gasteiger partial charge in [0.2, 0.25) is 15.9 Å². The van der Waals surface area contributed by atoms with Crippen molar-refractivity contribution in [2.24, 2.45) is 0 Å². The highest BCUT2D eigenvalue weighted by Gasteiger charge is 2.32. The lowest BCUT2D eigenvalue weighted by atomic mass is 10.2. The molecule has 1 aliphatic heterocycles. The third kappa shape index (κ3) is 6.32. The molecule has 190 valence electrons. The Balaban J connectivity index is 1.50. The fraction of sp³-hybridized carbons (Fsp3) is 0.321. The zero-order valence-corrected chi connectivity index (χ0v) is 21.7. The fourth-order valence-corrected chi connectivity index (χ4v) is 6.00. The number of piperazine rings is 1. The van der Waals surface area contributed by atoms with Gasteiger partial charge in [-0.3, -0.25) is 9.69 Å². The minimum atomic E-state index is -4.00. The molecule has 0 radical (unpaired) electrons. The van der Waals surface area contributed by atoms with Crippen molar-refractivity contribution >= 4 is 15.9 Å². The molecule has 36 heavy (non-hydrogen) atoms. The molecule has 1 amide bonds. The van der Waals surface area contributed by atoms with Crippen LogP contribution in [0.2, 0.25) is 0 Å². The van der Waals surface area contributed by atoms with Gasteiger partial charge < -0.3 is 9.64 Å². The Morgan fingerprint density at radius 2 is 1.50 bits per heavy atom. The molecule has 1 fully saturated rings. The van der Waals surface area contributed by atoms with Crippen molar-refractivity contribution < 1.29 is 17.9 Å². The van der Waals surface area contributed by atoms with E-state index in [4.69, 9.17) is 4.74 Å². The maximum atomic E-state index is 13.8. The highest BCUT2D eigenvalue weighted by Crippen LogP contribution is 2.29. The smallest absolute Gasteiger partial charge is 0.247 e. The highest BCUT2D eigenvalue weighted by molar-refractivity contribution is 7.89. The van der Waals surface area contributed by atoms with Crippen molar-refractivity contribution in [1.29, 1.82) is 0 Å². The van der Waals surface area contributed by atoms with Gasteiger partial charge in [0.25, 0.3) is 0 Å². The molecule has 3 aromatic carbocycles. The number of rotatable bonds is 9. The molecule has 0 atom stereocenters. The predicted octanol–water partition coefficient (Wildman–Crippen LogP) is 3.54. The third-order valence-corrected chi connectivity index (χ3v) is 8.24. The number of carbonyl (C=O) groups is 1. The van der Waals surface area contributed by atoms with Crippen molar-refractivity contribution in [1.82, 2.24) is 14.1 Å². The number of hydrogen-bond donors (Lipinski definition) is 0. The monoisotopic (exact) mass is 507 g/mol. The first-order chi connectivity index (χ1) is 17.4. The average Bonchev–Trinajstić information content (AvgIpc) is 2.90. The van der Waals surface area contributed by atoms with Crippen molar-refractivity contribution in [2.45, 2.75) is 24.9 Å². The van der Waals surface area contributed by atoms with Crippen LogP contribution in [0.5, 0.6) is 5.75 Å². The van der Waals surface area contributed by atoms with E-state index in [0.29, 0.717) is 13.1 Å². The van der Waals surface area contributed by atoms with Crippen LogP contribution < -0.4 is 4.74 Å². The quantitative estimate of drug-likeness (QED) is 0.443. The van der Waals surface area contributed by atoms with Crippen LogP contribution in [0.4, 0.5) is 0 Å². The lowest BCUT2D eigenvalue weighted by Crippen LogP contribution is -2.51. The van der Waals surface area contributed by atoms with Crippen LogP contribution in [0.1, 0.15) is 16.7 Å². The molecule has 0 unspecified atom stereocenters. The van der Waals surface area contributed by atoms with E-state index in [-0.39, 0.29) is 29.6 Å². The van der Waals surface area contributed by atoms with Gasteiger partial charge in [-0.1, -0.05) is 66.7 Å². The third-order valence-electron chi connectivity index (χ3n) is 6.42. The number of methoxy groups -OCH3 is 1. The molecule has 1 heterocycles. The SMILES string of the molecule is COc1ccc(C)cc1S(=O)(=O)N(CC(=O)N1CCN(Cc2ccccc2)CC1)Cc1ccccc1. The van der Waals surface area contributed by atoms with Crippen LogP contribution in [0.15, 0.2) is 83.8 Å². The van der Waals surface area contributed by atoms with E-state index in [1.807, 2.05) is 55.5 Å². The van der Waals surface area contributed by atoms with Gasteiger partial charge in [0.15, 0.2) is 0 Å². The Labute approximate surface area is 214 Å². The second kappa shape index (κ2) is 11.7. The largest absolute Gasteiger partial charge is 0.495 e. The Hall–Kier alpha value is -3.20. The summed E-state index contributed by atoms with van der Waals surface area (Å²) in [6.07, 6.45) is 0. The first-order valence-corrected chi connectivity index (χ1v) is 13.5.